The van der Waals surface area contributed by atoms with E-state index < -0.39 is 12.1 Å². The summed E-state index contributed by atoms with van der Waals surface area (Å²) in [5.41, 5.74) is 1.11. The van der Waals surface area contributed by atoms with Crippen LogP contribution in [0.2, 0.25) is 0 Å². The molecule has 0 bridgehead atoms. The van der Waals surface area contributed by atoms with E-state index in [0.717, 1.165) is 4.47 Å². The van der Waals surface area contributed by atoms with Crippen LogP contribution in [0.15, 0.2) is 56.8 Å². The van der Waals surface area contributed by atoms with E-state index in [-0.39, 0.29) is 5.56 Å². The maximum atomic E-state index is 12.9. The van der Waals surface area contributed by atoms with Crippen molar-refractivity contribution in [1.82, 2.24) is 9.66 Å². The third-order valence-corrected chi connectivity index (χ3v) is 4.80. The molecule has 0 unspecified atom stereocenters. The largest absolute Gasteiger partial charge is 0.479 e. The number of esters is 1. The first-order chi connectivity index (χ1) is 14.4. The lowest BCUT2D eigenvalue weighted by atomic mass is 10.2. The Balaban J connectivity index is 1.90. The smallest absolute Gasteiger partial charge is 0.347 e. The highest BCUT2D eigenvalue weighted by molar-refractivity contribution is 9.10. The van der Waals surface area contributed by atoms with Crippen LogP contribution >= 0.6 is 15.9 Å². The van der Waals surface area contributed by atoms with Crippen LogP contribution in [0.1, 0.15) is 32.2 Å². The van der Waals surface area contributed by atoms with Gasteiger partial charge in [-0.3, -0.25) is 4.79 Å². The fourth-order valence-electron chi connectivity index (χ4n) is 2.85. The van der Waals surface area contributed by atoms with Crippen molar-refractivity contribution in [3.05, 3.63) is 68.7 Å². The van der Waals surface area contributed by atoms with Crippen LogP contribution in [0, 0.1) is 0 Å². The van der Waals surface area contributed by atoms with Gasteiger partial charge in [-0.1, -0.05) is 35.0 Å². The first-order valence-electron chi connectivity index (χ1n) is 9.61. The molecule has 0 aliphatic heterocycles. The molecule has 1 aromatic heterocycles. The molecule has 1 atom stereocenters. The minimum absolute atomic E-state index is 0.238. The average Bonchev–Trinajstić information content (AvgIpc) is 2.73. The third-order valence-electron chi connectivity index (χ3n) is 4.30. The van der Waals surface area contributed by atoms with Crippen molar-refractivity contribution in [3.63, 3.8) is 0 Å². The Morgan fingerprint density at radius 1 is 1.27 bits per heavy atom. The number of ether oxygens (including phenoxy) is 2. The summed E-state index contributed by atoms with van der Waals surface area (Å²) in [6.07, 6.45) is 1.39. The molecule has 0 aliphatic carbocycles. The van der Waals surface area contributed by atoms with Crippen molar-refractivity contribution >= 4 is 39.0 Å². The number of carbonyl (C=O) groups excluding carboxylic acids is 1. The van der Waals surface area contributed by atoms with Gasteiger partial charge >= 0.3 is 5.97 Å². The van der Waals surface area contributed by atoms with E-state index in [1.807, 2.05) is 19.1 Å². The highest BCUT2D eigenvalue weighted by Crippen LogP contribution is 2.17. The first-order valence-corrected chi connectivity index (χ1v) is 10.4. The standard InChI is InChI=1S/C22H22BrN3O4/c1-4-20-25-19-10-9-16(23)12-18(19)21(27)26(20)24-13-15-7-6-8-17(11-15)30-14(3)22(28)29-5-2/h6-14H,4-5H2,1-3H3/t14-/m1/s1. The Morgan fingerprint density at radius 2 is 2.07 bits per heavy atom. The third kappa shape index (κ3) is 4.94. The van der Waals surface area contributed by atoms with Crippen LogP contribution in [0.5, 0.6) is 5.75 Å². The Morgan fingerprint density at radius 3 is 2.80 bits per heavy atom. The van der Waals surface area contributed by atoms with Crippen LogP contribution in [0.3, 0.4) is 0 Å². The molecule has 0 saturated heterocycles. The fourth-order valence-corrected chi connectivity index (χ4v) is 3.21. The van der Waals surface area contributed by atoms with Gasteiger partial charge in [0.2, 0.25) is 0 Å². The molecule has 3 rings (SSSR count). The molecular weight excluding hydrogens is 450 g/mol. The topological polar surface area (TPSA) is 82.8 Å². The number of nitrogens with zero attached hydrogens (tertiary/aromatic N) is 3. The molecule has 3 aromatic rings. The zero-order chi connectivity index (χ0) is 21.7. The fraction of sp³-hybridized carbons (Fsp3) is 0.273. The SMILES string of the molecule is CCOC(=O)[C@@H](C)Oc1cccc(C=Nn2c(CC)nc3ccc(Br)cc3c2=O)c1. The summed E-state index contributed by atoms with van der Waals surface area (Å²) in [5, 5.41) is 4.85. The van der Waals surface area contributed by atoms with Crippen molar-refractivity contribution in [2.24, 2.45) is 5.10 Å². The van der Waals surface area contributed by atoms with E-state index in [2.05, 4.69) is 26.0 Å². The monoisotopic (exact) mass is 471 g/mol. The van der Waals surface area contributed by atoms with Gasteiger partial charge in [0, 0.05) is 10.9 Å². The lowest BCUT2D eigenvalue weighted by Crippen LogP contribution is -2.26. The van der Waals surface area contributed by atoms with E-state index >= 15 is 0 Å². The molecule has 0 saturated carbocycles. The van der Waals surface area contributed by atoms with Gasteiger partial charge in [-0.05, 0) is 49.7 Å². The number of aryl methyl sites for hydroxylation is 1. The predicted octanol–water partition coefficient (Wildman–Crippen LogP) is 3.93. The molecule has 1 heterocycles. The van der Waals surface area contributed by atoms with Gasteiger partial charge in [-0.2, -0.15) is 9.78 Å². The van der Waals surface area contributed by atoms with Gasteiger partial charge in [0.05, 0.1) is 23.7 Å². The number of hydrogen-bond donors (Lipinski definition) is 0. The second-order valence-corrected chi connectivity index (χ2v) is 7.40. The molecule has 156 valence electrons. The number of halogens is 1. The molecule has 2 aromatic carbocycles. The van der Waals surface area contributed by atoms with Crippen LogP contribution in [-0.2, 0) is 16.0 Å². The van der Waals surface area contributed by atoms with Gasteiger partial charge < -0.3 is 9.47 Å². The Hall–Kier alpha value is -3.00. The molecule has 7 nitrogen and oxygen atoms in total. The molecular formula is C22H22BrN3O4. The van der Waals surface area contributed by atoms with Gasteiger partial charge in [0.15, 0.2) is 6.10 Å². The van der Waals surface area contributed by atoms with Crippen LogP contribution in [0.25, 0.3) is 10.9 Å². The van der Waals surface area contributed by atoms with Gasteiger partial charge in [-0.15, -0.1) is 0 Å². The summed E-state index contributed by atoms with van der Waals surface area (Å²) >= 11 is 3.39. The van der Waals surface area contributed by atoms with E-state index in [1.165, 1.54) is 4.68 Å². The second kappa shape index (κ2) is 9.67. The minimum Gasteiger partial charge on any atom is -0.479 e. The molecule has 0 spiro atoms. The number of carbonyl (C=O) groups is 1. The quantitative estimate of drug-likeness (QED) is 0.385. The molecule has 0 radical (unpaired) electrons. The zero-order valence-corrected chi connectivity index (χ0v) is 18.5. The van der Waals surface area contributed by atoms with Gasteiger partial charge in [-0.25, -0.2) is 9.78 Å². The predicted molar refractivity (Wildman–Crippen MR) is 119 cm³/mol. The Kier molecular flexibility index (Phi) is 6.99. The van der Waals surface area contributed by atoms with E-state index in [4.69, 9.17) is 9.47 Å². The van der Waals surface area contributed by atoms with Crippen molar-refractivity contribution in [2.45, 2.75) is 33.3 Å². The number of rotatable bonds is 7. The van der Waals surface area contributed by atoms with Gasteiger partial charge in [0.25, 0.3) is 5.56 Å². The summed E-state index contributed by atoms with van der Waals surface area (Å²) in [6, 6.07) is 12.5. The summed E-state index contributed by atoms with van der Waals surface area (Å²) in [4.78, 5) is 29.3. The van der Waals surface area contributed by atoms with E-state index in [9.17, 15) is 9.59 Å². The Bertz CT molecular complexity index is 1160. The Labute approximate surface area is 182 Å². The van der Waals surface area contributed by atoms with Crippen molar-refractivity contribution in [3.8, 4) is 5.75 Å². The first kappa shape index (κ1) is 21.7. The number of fused-ring (bicyclic) bond motifs is 1. The number of aromatic nitrogens is 2. The number of benzene rings is 2. The summed E-state index contributed by atoms with van der Waals surface area (Å²) in [5.74, 6) is 0.640. The molecule has 0 fully saturated rings. The van der Waals surface area contributed by atoms with Crippen molar-refractivity contribution in [1.29, 1.82) is 0 Å². The highest BCUT2D eigenvalue weighted by Gasteiger charge is 2.15. The number of hydrogen-bond acceptors (Lipinski definition) is 6. The summed E-state index contributed by atoms with van der Waals surface area (Å²) in [6.45, 7) is 5.59. The maximum absolute atomic E-state index is 12.9. The molecule has 0 amide bonds. The molecule has 0 aliphatic rings. The highest BCUT2D eigenvalue weighted by atomic mass is 79.9. The maximum Gasteiger partial charge on any atom is 0.347 e. The molecule has 30 heavy (non-hydrogen) atoms. The van der Waals surface area contributed by atoms with Crippen molar-refractivity contribution < 1.29 is 14.3 Å². The van der Waals surface area contributed by atoms with E-state index in [1.54, 1.807) is 50.4 Å². The van der Waals surface area contributed by atoms with Crippen LogP contribution < -0.4 is 10.3 Å². The molecule has 8 heteroatoms. The minimum atomic E-state index is -0.727. The van der Waals surface area contributed by atoms with Crippen molar-refractivity contribution in [2.75, 3.05) is 6.61 Å². The van der Waals surface area contributed by atoms with Gasteiger partial charge in [0.1, 0.15) is 11.6 Å². The summed E-state index contributed by atoms with van der Waals surface area (Å²) < 4.78 is 12.7. The lowest BCUT2D eigenvalue weighted by molar-refractivity contribution is -0.150. The molecule has 0 N–H and O–H groups in total. The normalized spacial score (nSPS) is 12.3. The second-order valence-electron chi connectivity index (χ2n) is 6.49. The van der Waals surface area contributed by atoms with E-state index in [0.29, 0.717) is 41.1 Å². The zero-order valence-electron chi connectivity index (χ0n) is 17.0. The lowest BCUT2D eigenvalue weighted by Gasteiger charge is -2.13. The van der Waals surface area contributed by atoms with Crippen LogP contribution in [-0.4, -0.2) is 34.6 Å². The average molecular weight is 472 g/mol. The summed E-state index contributed by atoms with van der Waals surface area (Å²) in [7, 11) is 0. The van der Waals surface area contributed by atoms with Crippen LogP contribution in [0.4, 0.5) is 0 Å².